The molecule has 136 valence electrons. The normalized spacial score (nSPS) is 16.6. The zero-order chi connectivity index (χ0) is 18.5. The highest BCUT2D eigenvalue weighted by Gasteiger charge is 2.30. The largest absolute Gasteiger partial charge is 0.484 e. The van der Waals surface area contributed by atoms with Crippen molar-refractivity contribution in [2.75, 3.05) is 24.6 Å². The Balaban J connectivity index is 1.44. The van der Waals surface area contributed by atoms with Crippen LogP contribution in [0, 0.1) is 18.7 Å². The Labute approximate surface area is 151 Å². The number of amides is 2. The second-order valence-electron chi connectivity index (χ2n) is 6.46. The summed E-state index contributed by atoms with van der Waals surface area (Å²) in [7, 11) is 0. The number of aryl methyl sites for hydroxylation is 1. The summed E-state index contributed by atoms with van der Waals surface area (Å²) in [5.41, 5.74) is 1.80. The van der Waals surface area contributed by atoms with Gasteiger partial charge < -0.3 is 15.0 Å². The fourth-order valence-electron chi connectivity index (χ4n) is 2.88. The fourth-order valence-corrected chi connectivity index (χ4v) is 2.88. The van der Waals surface area contributed by atoms with Gasteiger partial charge in [-0.1, -0.05) is 17.7 Å². The molecule has 5 nitrogen and oxygen atoms in total. The van der Waals surface area contributed by atoms with Crippen molar-refractivity contribution < 1.29 is 18.7 Å². The van der Waals surface area contributed by atoms with Gasteiger partial charge >= 0.3 is 0 Å². The van der Waals surface area contributed by atoms with Crippen LogP contribution in [0.25, 0.3) is 0 Å². The van der Waals surface area contributed by atoms with Crippen LogP contribution in [-0.4, -0.2) is 31.5 Å². The Morgan fingerprint density at radius 2 is 1.88 bits per heavy atom. The molecule has 0 aliphatic carbocycles. The molecule has 1 saturated heterocycles. The van der Waals surface area contributed by atoms with Gasteiger partial charge in [-0.3, -0.25) is 9.59 Å². The van der Waals surface area contributed by atoms with E-state index in [1.54, 1.807) is 17.0 Å². The molecule has 1 N–H and O–H groups in total. The second-order valence-corrected chi connectivity index (χ2v) is 6.46. The first-order chi connectivity index (χ1) is 12.5. The maximum absolute atomic E-state index is 13.0. The van der Waals surface area contributed by atoms with Crippen molar-refractivity contribution in [3.05, 3.63) is 59.9 Å². The van der Waals surface area contributed by atoms with E-state index in [1.807, 2.05) is 31.2 Å². The van der Waals surface area contributed by atoms with Gasteiger partial charge in [0, 0.05) is 31.1 Å². The number of carbonyl (C=O) groups is 2. The summed E-state index contributed by atoms with van der Waals surface area (Å²) in [6, 6.07) is 13.3. The van der Waals surface area contributed by atoms with Gasteiger partial charge in [-0.05, 0) is 43.3 Å². The Bertz CT molecular complexity index is 775. The second kappa shape index (κ2) is 7.99. The SMILES string of the molecule is Cc1ccc(OCC(=O)NC[C@@H]2CC(=O)N(c3ccc(F)cc3)C2)cc1. The first-order valence-corrected chi connectivity index (χ1v) is 8.53. The number of nitrogens with one attached hydrogen (secondary N) is 1. The lowest BCUT2D eigenvalue weighted by molar-refractivity contribution is -0.123. The molecule has 1 aliphatic rings. The van der Waals surface area contributed by atoms with Gasteiger partial charge in [0.25, 0.3) is 5.91 Å². The molecule has 1 atom stereocenters. The maximum atomic E-state index is 13.0. The molecule has 0 bridgehead atoms. The highest BCUT2D eigenvalue weighted by atomic mass is 19.1. The van der Waals surface area contributed by atoms with Crippen molar-refractivity contribution in [3.8, 4) is 5.75 Å². The van der Waals surface area contributed by atoms with E-state index in [-0.39, 0.29) is 30.2 Å². The number of ether oxygens (including phenoxy) is 1. The van der Waals surface area contributed by atoms with Crippen LogP contribution in [0.1, 0.15) is 12.0 Å². The maximum Gasteiger partial charge on any atom is 0.257 e. The average molecular weight is 356 g/mol. The van der Waals surface area contributed by atoms with Crippen molar-refractivity contribution in [1.29, 1.82) is 0 Å². The third-order valence-corrected chi connectivity index (χ3v) is 4.32. The molecule has 0 unspecified atom stereocenters. The molecule has 2 amide bonds. The van der Waals surface area contributed by atoms with Gasteiger partial charge in [0.05, 0.1) is 0 Å². The molecule has 0 radical (unpaired) electrons. The molecule has 0 saturated carbocycles. The molecular formula is C20H21FN2O3. The van der Waals surface area contributed by atoms with E-state index in [4.69, 9.17) is 4.74 Å². The molecule has 1 heterocycles. The lowest BCUT2D eigenvalue weighted by Gasteiger charge is -2.17. The first kappa shape index (κ1) is 17.9. The lowest BCUT2D eigenvalue weighted by Crippen LogP contribution is -2.34. The quantitative estimate of drug-likeness (QED) is 0.866. The van der Waals surface area contributed by atoms with E-state index < -0.39 is 0 Å². The number of anilines is 1. The Morgan fingerprint density at radius 1 is 1.19 bits per heavy atom. The molecule has 1 fully saturated rings. The van der Waals surface area contributed by atoms with E-state index >= 15 is 0 Å². The van der Waals surface area contributed by atoms with Gasteiger partial charge in [-0.25, -0.2) is 4.39 Å². The van der Waals surface area contributed by atoms with E-state index in [9.17, 15) is 14.0 Å². The highest BCUT2D eigenvalue weighted by Crippen LogP contribution is 2.24. The minimum absolute atomic E-state index is 0.0215. The summed E-state index contributed by atoms with van der Waals surface area (Å²) in [4.78, 5) is 25.7. The van der Waals surface area contributed by atoms with Gasteiger partial charge in [0.2, 0.25) is 5.91 Å². The molecule has 0 aromatic heterocycles. The summed E-state index contributed by atoms with van der Waals surface area (Å²) >= 11 is 0. The van der Waals surface area contributed by atoms with Crippen LogP contribution in [0.3, 0.4) is 0 Å². The van der Waals surface area contributed by atoms with Crippen LogP contribution in [0.2, 0.25) is 0 Å². The smallest absolute Gasteiger partial charge is 0.257 e. The van der Waals surface area contributed by atoms with Crippen molar-refractivity contribution >= 4 is 17.5 Å². The van der Waals surface area contributed by atoms with Crippen LogP contribution in [0.4, 0.5) is 10.1 Å². The van der Waals surface area contributed by atoms with Crippen molar-refractivity contribution in [2.45, 2.75) is 13.3 Å². The van der Waals surface area contributed by atoms with Crippen LogP contribution in [-0.2, 0) is 9.59 Å². The van der Waals surface area contributed by atoms with Crippen molar-refractivity contribution in [2.24, 2.45) is 5.92 Å². The zero-order valence-electron chi connectivity index (χ0n) is 14.6. The molecule has 6 heteroatoms. The summed E-state index contributed by atoms with van der Waals surface area (Å²) in [6.07, 6.45) is 0.358. The Hall–Kier alpha value is -2.89. The summed E-state index contributed by atoms with van der Waals surface area (Å²) < 4.78 is 18.4. The number of halogens is 1. The summed E-state index contributed by atoms with van der Waals surface area (Å²) in [5, 5.41) is 2.81. The summed E-state index contributed by atoms with van der Waals surface area (Å²) in [6.45, 7) is 2.82. The molecule has 1 aliphatic heterocycles. The van der Waals surface area contributed by atoms with Gasteiger partial charge in [-0.2, -0.15) is 0 Å². The number of nitrogens with zero attached hydrogens (tertiary/aromatic N) is 1. The van der Waals surface area contributed by atoms with Crippen molar-refractivity contribution in [1.82, 2.24) is 5.32 Å². The zero-order valence-corrected chi connectivity index (χ0v) is 14.6. The first-order valence-electron chi connectivity index (χ1n) is 8.53. The topological polar surface area (TPSA) is 58.6 Å². The van der Waals surface area contributed by atoms with Gasteiger partial charge in [-0.15, -0.1) is 0 Å². The summed E-state index contributed by atoms with van der Waals surface area (Å²) in [5.74, 6) is 0.0861. The fraction of sp³-hybridized carbons (Fsp3) is 0.300. The van der Waals surface area contributed by atoms with Crippen molar-refractivity contribution in [3.63, 3.8) is 0 Å². The minimum atomic E-state index is -0.335. The van der Waals surface area contributed by atoms with Crippen LogP contribution >= 0.6 is 0 Å². The third-order valence-electron chi connectivity index (χ3n) is 4.32. The Kier molecular flexibility index (Phi) is 5.51. The number of carbonyl (C=O) groups excluding carboxylic acids is 2. The van der Waals surface area contributed by atoms with Crippen LogP contribution in [0.5, 0.6) is 5.75 Å². The minimum Gasteiger partial charge on any atom is -0.484 e. The lowest BCUT2D eigenvalue weighted by atomic mass is 10.1. The number of hydrogen-bond donors (Lipinski definition) is 1. The monoisotopic (exact) mass is 356 g/mol. The van der Waals surface area contributed by atoms with E-state index in [0.29, 0.717) is 30.9 Å². The average Bonchev–Trinajstić information content (AvgIpc) is 3.01. The van der Waals surface area contributed by atoms with E-state index in [1.165, 1.54) is 12.1 Å². The van der Waals surface area contributed by atoms with Gasteiger partial charge in [0.15, 0.2) is 6.61 Å². The molecule has 0 spiro atoms. The predicted molar refractivity (Wildman–Crippen MR) is 96.5 cm³/mol. The molecular weight excluding hydrogens is 335 g/mol. The molecule has 2 aromatic carbocycles. The predicted octanol–water partition coefficient (Wildman–Crippen LogP) is 2.68. The highest BCUT2D eigenvalue weighted by molar-refractivity contribution is 5.95. The Morgan fingerprint density at radius 3 is 2.58 bits per heavy atom. The number of hydrogen-bond acceptors (Lipinski definition) is 3. The van der Waals surface area contributed by atoms with E-state index in [2.05, 4.69) is 5.32 Å². The number of rotatable bonds is 6. The molecule has 26 heavy (non-hydrogen) atoms. The third kappa shape index (κ3) is 4.59. The van der Waals surface area contributed by atoms with Crippen LogP contribution < -0.4 is 15.0 Å². The molecule has 2 aromatic rings. The van der Waals surface area contributed by atoms with Crippen LogP contribution in [0.15, 0.2) is 48.5 Å². The number of benzene rings is 2. The molecule has 3 rings (SSSR count). The van der Waals surface area contributed by atoms with E-state index in [0.717, 1.165) is 5.56 Å². The van der Waals surface area contributed by atoms with Gasteiger partial charge in [0.1, 0.15) is 11.6 Å². The standard InChI is InChI=1S/C20H21FN2O3/c1-14-2-8-18(9-3-14)26-13-19(24)22-11-15-10-20(25)23(12-15)17-6-4-16(21)5-7-17/h2-9,15H,10-13H2,1H3,(H,22,24)/t15-/m0/s1.